The van der Waals surface area contributed by atoms with Crippen molar-refractivity contribution in [3.63, 3.8) is 0 Å². The van der Waals surface area contributed by atoms with Crippen molar-refractivity contribution in [2.75, 3.05) is 6.54 Å². The lowest BCUT2D eigenvalue weighted by Crippen LogP contribution is -2.61. The number of amides is 6. The third kappa shape index (κ3) is 18.1. The number of hydrogen-bond acceptors (Lipinski definition) is 10. The van der Waals surface area contributed by atoms with E-state index in [0.29, 0.717) is 6.42 Å². The second-order valence-electron chi connectivity index (χ2n) is 14.2. The van der Waals surface area contributed by atoms with Gasteiger partial charge in [0.05, 0.1) is 12.1 Å². The largest absolute Gasteiger partial charge is 0.480 e. The van der Waals surface area contributed by atoms with Gasteiger partial charge in [0.25, 0.3) is 0 Å². The first kappa shape index (κ1) is 47.5. The van der Waals surface area contributed by atoms with Crippen LogP contribution in [0.2, 0.25) is 0 Å². The molecule has 0 aliphatic heterocycles. The van der Waals surface area contributed by atoms with Crippen LogP contribution in [0.25, 0.3) is 0 Å². The van der Waals surface area contributed by atoms with E-state index < -0.39 is 95.7 Å². The fraction of sp³-hybridized carbons (Fsp3) is 0.758. The number of aliphatic hydroxyl groups excluding tert-OH is 1. The number of rotatable bonds is 23. The van der Waals surface area contributed by atoms with Crippen molar-refractivity contribution < 1.29 is 43.8 Å². The lowest BCUT2D eigenvalue weighted by molar-refractivity contribution is -0.143. The summed E-state index contributed by atoms with van der Waals surface area (Å²) in [5.41, 5.74) is 16.8. The van der Waals surface area contributed by atoms with Crippen molar-refractivity contribution >= 4 is 47.4 Å². The van der Waals surface area contributed by atoms with Gasteiger partial charge in [-0.3, -0.25) is 33.8 Å². The van der Waals surface area contributed by atoms with E-state index in [4.69, 9.17) is 17.2 Å². The number of guanidine groups is 1. The van der Waals surface area contributed by atoms with E-state index in [1.807, 2.05) is 27.7 Å². The number of carbonyl (C=O) groups excluding carboxylic acids is 6. The highest BCUT2D eigenvalue weighted by Crippen LogP contribution is 2.10. The molecule has 298 valence electrons. The topological polar surface area (TPSA) is 323 Å². The van der Waals surface area contributed by atoms with E-state index in [1.54, 1.807) is 13.8 Å². The van der Waals surface area contributed by atoms with Crippen molar-refractivity contribution in [2.45, 2.75) is 136 Å². The number of nitrogens with two attached hydrogens (primary N) is 3. The molecule has 19 nitrogen and oxygen atoms in total. The normalized spacial score (nSPS) is 15.9. The van der Waals surface area contributed by atoms with Crippen LogP contribution in [0.4, 0.5) is 0 Å². The lowest BCUT2D eigenvalue weighted by Gasteiger charge is -2.28. The molecule has 6 amide bonds. The van der Waals surface area contributed by atoms with Crippen LogP contribution in [0.1, 0.15) is 88.0 Å². The zero-order chi connectivity index (χ0) is 40.5. The Hall–Kier alpha value is -4.52. The number of nitrogens with one attached hydrogen (secondary N) is 6. The average Bonchev–Trinajstić information content (AvgIpc) is 3.01. The molecule has 19 heteroatoms. The summed E-state index contributed by atoms with van der Waals surface area (Å²) >= 11 is 0. The lowest BCUT2D eigenvalue weighted by atomic mass is 10.00. The minimum Gasteiger partial charge on any atom is -0.480 e. The molecule has 52 heavy (non-hydrogen) atoms. The highest BCUT2D eigenvalue weighted by Gasteiger charge is 2.34. The Kier molecular flexibility index (Phi) is 21.1. The zero-order valence-corrected chi connectivity index (χ0v) is 31.8. The van der Waals surface area contributed by atoms with Gasteiger partial charge in [-0.2, -0.15) is 0 Å². The van der Waals surface area contributed by atoms with Crippen LogP contribution in [0, 0.1) is 17.8 Å². The smallest absolute Gasteiger partial charge is 0.326 e. The molecular weight excluding hydrogens is 680 g/mol. The first-order valence-corrected chi connectivity index (χ1v) is 17.5. The van der Waals surface area contributed by atoms with Crippen molar-refractivity contribution in [3.8, 4) is 0 Å². The van der Waals surface area contributed by atoms with Crippen LogP contribution in [-0.4, -0.2) is 113 Å². The summed E-state index contributed by atoms with van der Waals surface area (Å²) in [6.07, 6.45) is -0.640. The fourth-order valence-corrected chi connectivity index (χ4v) is 4.86. The molecule has 0 saturated heterocycles. The Balaban J connectivity index is 5.91. The van der Waals surface area contributed by atoms with E-state index in [2.05, 4.69) is 36.9 Å². The second kappa shape index (κ2) is 23.1. The minimum absolute atomic E-state index is 0.00395. The number of hydrogen-bond donors (Lipinski definition) is 11. The molecule has 0 spiro atoms. The SMILES string of the molecule is CC(C)C[C@H](NC(=O)[C@@H](N)CC(C)C)C(=O)N[C@@H](CCCN=C(N)N)C(=O)N[C@H](C(=O)N[C@@H](C)C(=O)N[C@@H](C)C(=O)N[C@H](C(=O)O)C(C)C)[C@@H](C)O. The van der Waals surface area contributed by atoms with Crippen molar-refractivity contribution in [1.82, 2.24) is 31.9 Å². The van der Waals surface area contributed by atoms with Crippen molar-refractivity contribution in [3.05, 3.63) is 0 Å². The molecule has 0 saturated carbocycles. The summed E-state index contributed by atoms with van der Waals surface area (Å²) in [4.78, 5) is 93.7. The molecule has 0 radical (unpaired) electrons. The standard InChI is InChI=1S/C33H62N10O9/c1-15(2)13-21(34)28(47)41-23(14-16(3)4)30(49)40-22(11-10-12-37-33(35)36)29(48)43-25(20(9)44)31(50)39-18(7)26(45)38-19(8)27(46)42-24(17(5)6)32(51)52/h15-25,44H,10-14,34H2,1-9H3,(H,38,45)(H,39,50)(H,40,49)(H,41,47)(H,42,46)(H,43,48)(H,51,52)(H4,35,36,37)/t18-,19-,20+,21-,22-,23-,24-,25-/m0/s1. The van der Waals surface area contributed by atoms with E-state index in [-0.39, 0.29) is 43.6 Å². The maximum atomic E-state index is 13.6. The number of nitrogens with zero attached hydrogens (tertiary/aromatic N) is 1. The predicted molar refractivity (Wildman–Crippen MR) is 194 cm³/mol. The van der Waals surface area contributed by atoms with Gasteiger partial charge in [0, 0.05) is 6.54 Å². The molecule has 8 atom stereocenters. The Labute approximate surface area is 305 Å². The average molecular weight is 743 g/mol. The van der Waals surface area contributed by atoms with Crippen LogP contribution in [0.3, 0.4) is 0 Å². The monoisotopic (exact) mass is 742 g/mol. The highest BCUT2D eigenvalue weighted by atomic mass is 16.4. The van der Waals surface area contributed by atoms with Gasteiger partial charge in [-0.1, -0.05) is 41.5 Å². The molecule has 0 aliphatic rings. The van der Waals surface area contributed by atoms with Crippen LogP contribution in [-0.2, 0) is 33.6 Å². The molecular formula is C33H62N10O9. The predicted octanol–water partition coefficient (Wildman–Crippen LogP) is -2.47. The second-order valence-corrected chi connectivity index (χ2v) is 14.2. The molecule has 14 N–H and O–H groups in total. The van der Waals surface area contributed by atoms with Crippen molar-refractivity contribution in [1.29, 1.82) is 0 Å². The fourth-order valence-electron chi connectivity index (χ4n) is 4.86. The van der Waals surface area contributed by atoms with Gasteiger partial charge in [-0.05, 0) is 64.2 Å². The molecule has 0 aliphatic carbocycles. The van der Waals surface area contributed by atoms with Crippen LogP contribution in [0.5, 0.6) is 0 Å². The summed E-state index contributed by atoms with van der Waals surface area (Å²) in [5.74, 6) is -6.33. The summed E-state index contributed by atoms with van der Waals surface area (Å²) in [6.45, 7) is 14.7. The molecule has 0 rings (SSSR count). The molecule has 0 fully saturated rings. The van der Waals surface area contributed by atoms with Gasteiger partial charge < -0.3 is 59.3 Å². The molecule has 0 unspecified atom stereocenters. The Bertz CT molecular complexity index is 1250. The quantitative estimate of drug-likeness (QED) is 0.0295. The molecule has 0 heterocycles. The van der Waals surface area contributed by atoms with E-state index in [0.717, 1.165) is 0 Å². The number of aliphatic hydroxyl groups is 1. The van der Waals surface area contributed by atoms with Gasteiger partial charge >= 0.3 is 5.97 Å². The van der Waals surface area contributed by atoms with Gasteiger partial charge in [0.2, 0.25) is 35.4 Å². The van der Waals surface area contributed by atoms with Crippen LogP contribution < -0.4 is 49.1 Å². The summed E-state index contributed by atoms with van der Waals surface area (Å²) < 4.78 is 0. The summed E-state index contributed by atoms with van der Waals surface area (Å²) in [5, 5.41) is 34.6. The maximum Gasteiger partial charge on any atom is 0.326 e. The number of carbonyl (C=O) groups is 7. The Morgan fingerprint density at radius 2 is 1.06 bits per heavy atom. The van der Waals surface area contributed by atoms with Gasteiger partial charge in [-0.25, -0.2) is 4.79 Å². The number of carboxylic acids is 1. The number of carboxylic acid groups (broad SMARTS) is 1. The van der Waals surface area contributed by atoms with E-state index >= 15 is 0 Å². The number of aliphatic carboxylic acids is 1. The van der Waals surface area contributed by atoms with Crippen molar-refractivity contribution in [2.24, 2.45) is 39.9 Å². The van der Waals surface area contributed by atoms with E-state index in [1.165, 1.54) is 20.8 Å². The number of aliphatic imine (C=N–C) groups is 1. The van der Waals surface area contributed by atoms with Gasteiger partial charge in [0.1, 0.15) is 36.3 Å². The minimum atomic E-state index is -1.59. The van der Waals surface area contributed by atoms with Gasteiger partial charge in [0.15, 0.2) is 5.96 Å². The summed E-state index contributed by atoms with van der Waals surface area (Å²) in [7, 11) is 0. The van der Waals surface area contributed by atoms with Gasteiger partial charge in [-0.15, -0.1) is 0 Å². The van der Waals surface area contributed by atoms with E-state index in [9.17, 15) is 43.8 Å². The Morgan fingerprint density at radius 3 is 1.52 bits per heavy atom. The Morgan fingerprint density at radius 1 is 0.596 bits per heavy atom. The highest BCUT2D eigenvalue weighted by molar-refractivity contribution is 5.97. The molecule has 0 aromatic rings. The molecule has 0 aromatic carbocycles. The third-order valence-electron chi connectivity index (χ3n) is 7.78. The first-order chi connectivity index (χ1) is 24.0. The summed E-state index contributed by atoms with van der Waals surface area (Å²) in [6, 6.07) is -8.39. The molecule has 0 bridgehead atoms. The molecule has 0 aromatic heterocycles. The van der Waals surface area contributed by atoms with Crippen LogP contribution in [0.15, 0.2) is 4.99 Å². The third-order valence-corrected chi connectivity index (χ3v) is 7.78. The zero-order valence-electron chi connectivity index (χ0n) is 31.8. The first-order valence-electron chi connectivity index (χ1n) is 17.5. The van der Waals surface area contributed by atoms with Crippen LogP contribution >= 0.6 is 0 Å². The maximum absolute atomic E-state index is 13.6.